The zero-order valence-corrected chi connectivity index (χ0v) is 21.1. The van der Waals surface area contributed by atoms with Gasteiger partial charge in [0.2, 0.25) is 11.8 Å². The molecule has 0 radical (unpaired) electrons. The van der Waals surface area contributed by atoms with Crippen molar-refractivity contribution in [1.82, 2.24) is 15.1 Å². The van der Waals surface area contributed by atoms with Crippen molar-refractivity contribution in [1.29, 1.82) is 0 Å². The van der Waals surface area contributed by atoms with Crippen molar-refractivity contribution in [2.24, 2.45) is 0 Å². The molecular weight excluding hydrogens is 497 g/mol. The van der Waals surface area contributed by atoms with Crippen LogP contribution in [0.15, 0.2) is 42.5 Å². The molecule has 1 N–H and O–H groups in total. The molecule has 38 heavy (non-hydrogen) atoms. The third kappa shape index (κ3) is 5.55. The molecule has 0 aliphatic carbocycles. The van der Waals surface area contributed by atoms with Crippen molar-refractivity contribution in [3.05, 3.63) is 64.7 Å². The molecule has 0 spiro atoms. The first-order valence-electron chi connectivity index (χ1n) is 13.1. The molecule has 2 aromatic rings. The molecule has 7 nitrogen and oxygen atoms in total. The Bertz CT molecular complexity index is 1220. The van der Waals surface area contributed by atoms with Gasteiger partial charge in [-0.25, -0.2) is 0 Å². The van der Waals surface area contributed by atoms with Gasteiger partial charge in [-0.2, -0.15) is 13.2 Å². The number of piperazine rings is 1. The number of rotatable bonds is 7. The second-order valence-corrected chi connectivity index (χ2v) is 10.2. The molecule has 2 saturated heterocycles. The van der Waals surface area contributed by atoms with Crippen molar-refractivity contribution in [2.45, 2.75) is 50.9 Å². The molecule has 3 heterocycles. The Balaban J connectivity index is 1.10. The predicted octanol–water partition coefficient (Wildman–Crippen LogP) is 3.61. The maximum absolute atomic E-state index is 13.0. The first kappa shape index (κ1) is 26.2. The molecule has 2 aromatic carbocycles. The molecular formula is C28H31F3N4O3. The number of hydrogen-bond donors (Lipinski definition) is 1. The van der Waals surface area contributed by atoms with E-state index in [2.05, 4.69) is 10.2 Å². The van der Waals surface area contributed by atoms with E-state index in [4.69, 9.17) is 0 Å². The quantitative estimate of drug-likeness (QED) is 0.439. The summed E-state index contributed by atoms with van der Waals surface area (Å²) in [6.45, 7) is 4.26. The molecule has 3 aliphatic rings. The zero-order valence-electron chi connectivity index (χ0n) is 21.1. The minimum absolute atomic E-state index is 0.157. The highest BCUT2D eigenvalue weighted by atomic mass is 19.4. The number of halogens is 3. The summed E-state index contributed by atoms with van der Waals surface area (Å²) < 4.78 is 39.1. The van der Waals surface area contributed by atoms with Gasteiger partial charge in [0.05, 0.1) is 5.56 Å². The van der Waals surface area contributed by atoms with E-state index in [1.54, 1.807) is 17.0 Å². The van der Waals surface area contributed by atoms with Crippen LogP contribution in [-0.2, 0) is 28.7 Å². The number of carbonyl (C=O) groups excluding carboxylic acids is 3. The number of alkyl halides is 3. The molecule has 5 rings (SSSR count). The van der Waals surface area contributed by atoms with Crippen LogP contribution in [0.4, 0.5) is 18.9 Å². The summed E-state index contributed by atoms with van der Waals surface area (Å²) in [6, 6.07) is 10.6. The van der Waals surface area contributed by atoms with Crippen molar-refractivity contribution < 1.29 is 27.6 Å². The summed E-state index contributed by atoms with van der Waals surface area (Å²) in [6.07, 6.45) is -1.02. The van der Waals surface area contributed by atoms with E-state index in [-0.39, 0.29) is 18.2 Å². The number of nitrogens with one attached hydrogen (secondary N) is 1. The zero-order chi connectivity index (χ0) is 26.9. The molecule has 1 unspecified atom stereocenters. The summed E-state index contributed by atoms with van der Waals surface area (Å²) in [7, 11) is 0. The standard InChI is InChI=1S/C28H31F3N4O3/c29-28(30,31)20-7-4-8-21(17-20)34-15-13-33(14-16-34)12-2-1-5-19-6-3-9-22-23(19)18-35(27(22)38)24-10-11-25(36)32-26(24)37/h3-4,6-9,17,24H,1-2,5,10-16,18H2,(H,32,36,37). The minimum atomic E-state index is -4.34. The van der Waals surface area contributed by atoms with Crippen LogP contribution in [0.25, 0.3) is 0 Å². The number of imide groups is 1. The lowest BCUT2D eigenvalue weighted by Crippen LogP contribution is -2.52. The highest BCUT2D eigenvalue weighted by Crippen LogP contribution is 2.32. The van der Waals surface area contributed by atoms with Gasteiger partial charge in [0, 0.05) is 50.4 Å². The summed E-state index contributed by atoms with van der Waals surface area (Å²) in [5.41, 5.74) is 2.71. The number of fused-ring (bicyclic) bond motifs is 1. The first-order valence-corrected chi connectivity index (χ1v) is 13.1. The van der Waals surface area contributed by atoms with Crippen LogP contribution >= 0.6 is 0 Å². The third-order valence-corrected chi connectivity index (χ3v) is 7.76. The number of piperidine rings is 1. The summed E-state index contributed by atoms with van der Waals surface area (Å²) in [5.74, 6) is -0.861. The molecule has 1 atom stereocenters. The van der Waals surface area contributed by atoms with Crippen LogP contribution in [0, 0.1) is 0 Å². The number of benzene rings is 2. The van der Waals surface area contributed by atoms with Gasteiger partial charge in [-0.1, -0.05) is 18.2 Å². The van der Waals surface area contributed by atoms with E-state index >= 15 is 0 Å². The lowest BCUT2D eigenvalue weighted by atomic mass is 9.98. The summed E-state index contributed by atoms with van der Waals surface area (Å²) in [4.78, 5) is 42.7. The fourth-order valence-electron chi connectivity index (χ4n) is 5.64. The molecule has 3 amide bonds. The van der Waals surface area contributed by atoms with Crippen LogP contribution in [0.3, 0.4) is 0 Å². The Morgan fingerprint density at radius 3 is 2.45 bits per heavy atom. The van der Waals surface area contributed by atoms with E-state index in [0.29, 0.717) is 37.3 Å². The average Bonchev–Trinajstić information content (AvgIpc) is 3.23. The van der Waals surface area contributed by atoms with Crippen LogP contribution in [-0.4, -0.2) is 66.3 Å². The number of carbonyl (C=O) groups is 3. The van der Waals surface area contributed by atoms with Gasteiger partial charge in [-0.05, 0) is 67.6 Å². The second-order valence-electron chi connectivity index (χ2n) is 10.2. The monoisotopic (exact) mass is 528 g/mol. The van der Waals surface area contributed by atoms with E-state index < -0.39 is 23.7 Å². The van der Waals surface area contributed by atoms with Crippen LogP contribution < -0.4 is 10.2 Å². The smallest absolute Gasteiger partial charge is 0.369 e. The number of hydrogen-bond acceptors (Lipinski definition) is 5. The van der Waals surface area contributed by atoms with Gasteiger partial charge in [-0.15, -0.1) is 0 Å². The minimum Gasteiger partial charge on any atom is -0.369 e. The topological polar surface area (TPSA) is 73.0 Å². The van der Waals surface area contributed by atoms with Crippen molar-refractivity contribution in [3.63, 3.8) is 0 Å². The van der Waals surface area contributed by atoms with E-state index in [0.717, 1.165) is 56.1 Å². The maximum atomic E-state index is 13.0. The molecule has 0 saturated carbocycles. The largest absolute Gasteiger partial charge is 0.416 e. The number of nitrogens with zero attached hydrogens (tertiary/aromatic N) is 3. The number of aryl methyl sites for hydroxylation is 1. The lowest BCUT2D eigenvalue weighted by molar-refractivity contribution is -0.138. The molecule has 2 fully saturated rings. The fourth-order valence-corrected chi connectivity index (χ4v) is 5.64. The summed E-state index contributed by atoms with van der Waals surface area (Å²) in [5, 5.41) is 2.34. The summed E-state index contributed by atoms with van der Waals surface area (Å²) >= 11 is 0. The Morgan fingerprint density at radius 2 is 1.71 bits per heavy atom. The molecule has 202 valence electrons. The van der Waals surface area contributed by atoms with Gasteiger partial charge >= 0.3 is 6.18 Å². The maximum Gasteiger partial charge on any atom is 0.416 e. The molecule has 0 bridgehead atoms. The van der Waals surface area contributed by atoms with Crippen LogP contribution in [0.2, 0.25) is 0 Å². The van der Waals surface area contributed by atoms with Crippen molar-refractivity contribution >= 4 is 23.4 Å². The van der Waals surface area contributed by atoms with Crippen LogP contribution in [0.1, 0.15) is 52.7 Å². The number of unbranched alkanes of at least 4 members (excludes halogenated alkanes) is 1. The SMILES string of the molecule is O=C1CCC(N2Cc3c(CCCCN4CCN(c5cccc(C(F)(F)F)c5)CC4)cccc3C2=O)C(=O)N1. The second kappa shape index (κ2) is 10.8. The highest BCUT2D eigenvalue weighted by molar-refractivity contribution is 6.05. The van der Waals surface area contributed by atoms with Crippen LogP contribution in [0.5, 0.6) is 0 Å². The predicted molar refractivity (Wildman–Crippen MR) is 136 cm³/mol. The highest BCUT2D eigenvalue weighted by Gasteiger charge is 2.39. The van der Waals surface area contributed by atoms with Crippen molar-refractivity contribution in [3.8, 4) is 0 Å². The van der Waals surface area contributed by atoms with E-state index in [9.17, 15) is 27.6 Å². The van der Waals surface area contributed by atoms with E-state index in [1.165, 1.54) is 12.1 Å². The average molecular weight is 529 g/mol. The van der Waals surface area contributed by atoms with Gasteiger partial charge in [0.25, 0.3) is 5.91 Å². The van der Waals surface area contributed by atoms with Gasteiger partial charge < -0.3 is 9.80 Å². The number of amides is 3. The Labute approximate surface area is 219 Å². The Morgan fingerprint density at radius 1 is 0.947 bits per heavy atom. The fraction of sp³-hybridized carbons (Fsp3) is 0.464. The Hall–Kier alpha value is -3.40. The first-order chi connectivity index (χ1) is 18.2. The third-order valence-electron chi connectivity index (χ3n) is 7.76. The molecule has 10 heteroatoms. The normalized spacial score (nSPS) is 20.6. The van der Waals surface area contributed by atoms with Gasteiger partial charge in [-0.3, -0.25) is 24.6 Å². The van der Waals surface area contributed by atoms with Gasteiger partial charge in [0.1, 0.15) is 6.04 Å². The molecule has 0 aromatic heterocycles. The van der Waals surface area contributed by atoms with Gasteiger partial charge in [0.15, 0.2) is 0 Å². The lowest BCUT2D eigenvalue weighted by Gasteiger charge is -2.36. The Kier molecular flexibility index (Phi) is 7.43. The molecule has 3 aliphatic heterocycles. The van der Waals surface area contributed by atoms with E-state index in [1.807, 2.05) is 17.0 Å². The number of anilines is 1. The van der Waals surface area contributed by atoms with Crippen molar-refractivity contribution in [2.75, 3.05) is 37.6 Å².